The van der Waals surface area contributed by atoms with E-state index in [0.717, 1.165) is 5.69 Å². The summed E-state index contributed by atoms with van der Waals surface area (Å²) in [5, 5.41) is 0. The van der Waals surface area contributed by atoms with Crippen molar-refractivity contribution in [2.75, 3.05) is 10.6 Å². The third-order valence-corrected chi connectivity index (χ3v) is 3.57. The molecule has 0 aliphatic heterocycles. The molecule has 0 unspecified atom stereocenters. The highest BCUT2D eigenvalue weighted by Crippen LogP contribution is 2.21. The van der Waals surface area contributed by atoms with Gasteiger partial charge in [-0.15, -0.1) is 0 Å². The molecule has 0 radical (unpaired) electrons. The highest BCUT2D eigenvalue weighted by atomic mass is 19.1. The van der Waals surface area contributed by atoms with Crippen LogP contribution in [0.4, 0.5) is 20.3 Å². The van der Waals surface area contributed by atoms with Crippen LogP contribution in [0.5, 0.6) is 0 Å². The summed E-state index contributed by atoms with van der Waals surface area (Å²) in [5.74, 6) is 0.253. The minimum atomic E-state index is -0.329. The third-order valence-electron chi connectivity index (χ3n) is 3.57. The van der Waals surface area contributed by atoms with E-state index in [1.165, 1.54) is 18.2 Å². The Morgan fingerprint density at radius 2 is 1.67 bits per heavy atom. The second-order valence-corrected chi connectivity index (χ2v) is 5.32. The number of halogens is 2. The molecule has 3 rings (SSSR count). The van der Waals surface area contributed by atoms with E-state index in [-0.39, 0.29) is 11.6 Å². The molecule has 1 heterocycles. The predicted molar refractivity (Wildman–Crippen MR) is 89.1 cm³/mol. The van der Waals surface area contributed by atoms with Gasteiger partial charge in [-0.1, -0.05) is 18.2 Å². The minimum absolute atomic E-state index is 0.293. The first-order valence-electron chi connectivity index (χ1n) is 7.43. The molecule has 6 heteroatoms. The zero-order valence-corrected chi connectivity index (χ0v) is 12.9. The van der Waals surface area contributed by atoms with Gasteiger partial charge < -0.3 is 10.6 Å². The molecule has 1 aromatic heterocycles. The van der Waals surface area contributed by atoms with E-state index in [0.29, 0.717) is 30.3 Å². The van der Waals surface area contributed by atoms with Crippen LogP contribution in [-0.4, -0.2) is 9.97 Å². The zero-order chi connectivity index (χ0) is 16.9. The molecule has 2 aromatic carbocycles. The lowest BCUT2D eigenvalue weighted by atomic mass is 10.1. The van der Waals surface area contributed by atoms with Crippen molar-refractivity contribution in [3.63, 3.8) is 0 Å². The molecule has 0 atom stereocenters. The number of nitrogens with two attached hydrogens (primary N) is 1. The van der Waals surface area contributed by atoms with Crippen LogP contribution in [0.2, 0.25) is 0 Å². The van der Waals surface area contributed by atoms with Gasteiger partial charge in [-0.2, -0.15) is 0 Å². The molecule has 0 amide bonds. The standard InChI is InChI=1S/C18H16F2N4/c19-14-5-7-15(8-6-14)24(11-13-3-1-2-4-16(13)20)12-18-22-10-9-17(21)23-18/h1-10H,11-12H2,(H2,21,22,23). The quantitative estimate of drug-likeness (QED) is 0.779. The van der Waals surface area contributed by atoms with E-state index in [2.05, 4.69) is 9.97 Å². The molecule has 0 aliphatic carbocycles. The summed E-state index contributed by atoms with van der Waals surface area (Å²) in [4.78, 5) is 10.2. The molecule has 24 heavy (non-hydrogen) atoms. The summed E-state index contributed by atoms with van der Waals surface area (Å²) >= 11 is 0. The number of hydrogen-bond donors (Lipinski definition) is 1. The van der Waals surface area contributed by atoms with Crippen LogP contribution in [0, 0.1) is 11.6 Å². The molecule has 0 fully saturated rings. The number of nitrogens with zero attached hydrogens (tertiary/aromatic N) is 3. The van der Waals surface area contributed by atoms with Gasteiger partial charge in [0.1, 0.15) is 23.3 Å². The van der Waals surface area contributed by atoms with Crippen molar-refractivity contribution in [3.8, 4) is 0 Å². The van der Waals surface area contributed by atoms with E-state index in [4.69, 9.17) is 5.73 Å². The molecule has 122 valence electrons. The first-order valence-corrected chi connectivity index (χ1v) is 7.43. The van der Waals surface area contributed by atoms with Gasteiger partial charge in [0.2, 0.25) is 0 Å². The van der Waals surface area contributed by atoms with Crippen molar-refractivity contribution < 1.29 is 8.78 Å². The van der Waals surface area contributed by atoms with Crippen molar-refractivity contribution >= 4 is 11.5 Å². The van der Waals surface area contributed by atoms with E-state index in [1.807, 2.05) is 4.90 Å². The third kappa shape index (κ3) is 3.84. The molecule has 0 aliphatic rings. The maximum atomic E-state index is 14.0. The lowest BCUT2D eigenvalue weighted by molar-refractivity contribution is 0.601. The fraction of sp³-hybridized carbons (Fsp3) is 0.111. The second kappa shape index (κ2) is 7.04. The number of benzene rings is 2. The molecule has 0 spiro atoms. The van der Waals surface area contributed by atoms with Crippen molar-refractivity contribution in [3.05, 3.63) is 83.8 Å². The SMILES string of the molecule is Nc1ccnc(CN(Cc2ccccc2F)c2ccc(F)cc2)n1. The zero-order valence-electron chi connectivity index (χ0n) is 12.9. The Labute approximate surface area is 138 Å². The monoisotopic (exact) mass is 326 g/mol. The topological polar surface area (TPSA) is 55.0 Å². The van der Waals surface area contributed by atoms with Gasteiger partial charge >= 0.3 is 0 Å². The molecule has 4 nitrogen and oxygen atoms in total. The van der Waals surface area contributed by atoms with Gasteiger partial charge in [-0.05, 0) is 36.4 Å². The van der Waals surface area contributed by atoms with E-state index in [9.17, 15) is 8.78 Å². The van der Waals surface area contributed by atoms with Crippen LogP contribution in [0.1, 0.15) is 11.4 Å². The first-order chi connectivity index (χ1) is 11.6. The predicted octanol–water partition coefficient (Wildman–Crippen LogP) is 3.54. The van der Waals surface area contributed by atoms with Gasteiger partial charge in [0, 0.05) is 24.0 Å². The summed E-state index contributed by atoms with van der Waals surface area (Å²) < 4.78 is 27.2. The van der Waals surface area contributed by atoms with Gasteiger partial charge in [-0.3, -0.25) is 0 Å². The Balaban J connectivity index is 1.91. The van der Waals surface area contributed by atoms with Crippen LogP contribution in [-0.2, 0) is 13.1 Å². The lowest BCUT2D eigenvalue weighted by Gasteiger charge is -2.24. The Kier molecular flexibility index (Phi) is 4.65. The number of aromatic nitrogens is 2. The largest absolute Gasteiger partial charge is 0.384 e. The van der Waals surface area contributed by atoms with Crippen molar-refractivity contribution in [2.24, 2.45) is 0 Å². The first kappa shape index (κ1) is 15.9. The van der Waals surface area contributed by atoms with Gasteiger partial charge in [-0.25, -0.2) is 18.7 Å². The Morgan fingerprint density at radius 3 is 2.38 bits per heavy atom. The highest BCUT2D eigenvalue weighted by molar-refractivity contribution is 5.47. The summed E-state index contributed by atoms with van der Waals surface area (Å²) in [6, 6.07) is 14.2. The fourth-order valence-electron chi connectivity index (χ4n) is 2.38. The maximum absolute atomic E-state index is 14.0. The van der Waals surface area contributed by atoms with Crippen LogP contribution >= 0.6 is 0 Å². The fourth-order valence-corrected chi connectivity index (χ4v) is 2.38. The normalized spacial score (nSPS) is 10.6. The summed E-state index contributed by atoms with van der Waals surface area (Å²) in [5.41, 5.74) is 6.96. The highest BCUT2D eigenvalue weighted by Gasteiger charge is 2.13. The Morgan fingerprint density at radius 1 is 0.917 bits per heavy atom. The summed E-state index contributed by atoms with van der Waals surface area (Å²) in [6.45, 7) is 0.626. The molecular formula is C18H16F2N4. The van der Waals surface area contributed by atoms with Crippen molar-refractivity contribution in [1.82, 2.24) is 9.97 Å². The maximum Gasteiger partial charge on any atom is 0.149 e. The van der Waals surface area contributed by atoms with Crippen molar-refractivity contribution in [1.29, 1.82) is 0 Å². The molecule has 0 saturated carbocycles. The number of rotatable bonds is 5. The average Bonchev–Trinajstić information content (AvgIpc) is 2.57. The van der Waals surface area contributed by atoms with Crippen molar-refractivity contribution in [2.45, 2.75) is 13.1 Å². The van der Waals surface area contributed by atoms with Crippen LogP contribution in [0.15, 0.2) is 60.8 Å². The van der Waals surface area contributed by atoms with E-state index < -0.39 is 0 Å². The molecule has 2 N–H and O–H groups in total. The number of hydrogen-bond acceptors (Lipinski definition) is 4. The molecule has 0 saturated heterocycles. The van der Waals surface area contributed by atoms with Crippen LogP contribution in [0.25, 0.3) is 0 Å². The Hall–Kier alpha value is -3.02. The van der Waals surface area contributed by atoms with E-state index >= 15 is 0 Å². The minimum Gasteiger partial charge on any atom is -0.384 e. The molecular weight excluding hydrogens is 310 g/mol. The number of anilines is 2. The average molecular weight is 326 g/mol. The molecule has 0 bridgehead atoms. The van der Waals surface area contributed by atoms with Gasteiger partial charge in [0.25, 0.3) is 0 Å². The summed E-state index contributed by atoms with van der Waals surface area (Å²) in [7, 11) is 0. The molecule has 3 aromatic rings. The Bertz CT molecular complexity index is 821. The lowest BCUT2D eigenvalue weighted by Crippen LogP contribution is -2.24. The second-order valence-electron chi connectivity index (χ2n) is 5.32. The van der Waals surface area contributed by atoms with Crippen LogP contribution in [0.3, 0.4) is 0 Å². The van der Waals surface area contributed by atoms with Gasteiger partial charge in [0.05, 0.1) is 6.54 Å². The van der Waals surface area contributed by atoms with Crippen LogP contribution < -0.4 is 10.6 Å². The number of nitrogen functional groups attached to an aromatic ring is 1. The van der Waals surface area contributed by atoms with Gasteiger partial charge in [0.15, 0.2) is 0 Å². The smallest absolute Gasteiger partial charge is 0.149 e. The summed E-state index contributed by atoms with van der Waals surface area (Å²) in [6.07, 6.45) is 1.57. The van der Waals surface area contributed by atoms with E-state index in [1.54, 1.807) is 42.6 Å².